The first-order valence-corrected chi connectivity index (χ1v) is 5.67. The summed E-state index contributed by atoms with van der Waals surface area (Å²) in [5.41, 5.74) is -0.989. The Bertz CT molecular complexity index is 466. The molecular weight excluding hydrogens is 261 g/mol. The summed E-state index contributed by atoms with van der Waals surface area (Å²) >= 11 is 0. The molecule has 0 saturated heterocycles. The van der Waals surface area contributed by atoms with Crippen molar-refractivity contribution in [3.63, 3.8) is 0 Å². The van der Waals surface area contributed by atoms with E-state index in [-0.39, 0.29) is 12.2 Å². The molecule has 104 valence electrons. The average Bonchev–Trinajstić information content (AvgIpc) is 2.28. The smallest absolute Gasteiger partial charge is 0.416 e. The van der Waals surface area contributed by atoms with Crippen molar-refractivity contribution in [1.82, 2.24) is 0 Å². The zero-order valence-electron chi connectivity index (χ0n) is 10.3. The van der Waals surface area contributed by atoms with Crippen LogP contribution in [-0.2, 0) is 26.9 Å². The molecule has 0 radical (unpaired) electrons. The van der Waals surface area contributed by atoms with Crippen LogP contribution in [0.2, 0.25) is 0 Å². The Labute approximate surface area is 108 Å². The number of carbonyl (C=O) groups excluding carboxylic acids is 2. The second-order valence-electron chi connectivity index (χ2n) is 3.85. The zero-order chi connectivity index (χ0) is 14.5. The van der Waals surface area contributed by atoms with Crippen LogP contribution in [0.3, 0.4) is 0 Å². The van der Waals surface area contributed by atoms with E-state index in [1.165, 1.54) is 18.2 Å². The van der Waals surface area contributed by atoms with E-state index in [1.54, 1.807) is 6.92 Å². The van der Waals surface area contributed by atoms with Gasteiger partial charge in [0.1, 0.15) is 12.2 Å². The lowest BCUT2D eigenvalue weighted by atomic mass is 10.0. The molecule has 3 nitrogen and oxygen atoms in total. The Hall–Kier alpha value is -1.85. The maximum atomic E-state index is 12.7. The van der Waals surface area contributed by atoms with Crippen molar-refractivity contribution in [2.24, 2.45) is 0 Å². The number of alkyl halides is 3. The molecule has 19 heavy (non-hydrogen) atoms. The third kappa shape index (κ3) is 4.73. The second-order valence-corrected chi connectivity index (χ2v) is 3.85. The number of ether oxygens (including phenoxy) is 1. The average molecular weight is 274 g/mol. The van der Waals surface area contributed by atoms with Crippen LogP contribution >= 0.6 is 0 Å². The van der Waals surface area contributed by atoms with E-state index in [0.717, 1.165) is 6.07 Å². The Kier molecular flexibility index (Phi) is 5.09. The van der Waals surface area contributed by atoms with Gasteiger partial charge < -0.3 is 4.74 Å². The first-order valence-electron chi connectivity index (χ1n) is 5.67. The predicted molar refractivity (Wildman–Crippen MR) is 61.4 cm³/mol. The maximum absolute atomic E-state index is 12.7. The van der Waals surface area contributed by atoms with Crippen LogP contribution in [0.4, 0.5) is 13.2 Å². The van der Waals surface area contributed by atoms with E-state index in [4.69, 9.17) is 0 Å². The summed E-state index contributed by atoms with van der Waals surface area (Å²) in [7, 11) is 0. The number of carbonyl (C=O) groups is 2. The second kappa shape index (κ2) is 6.36. The van der Waals surface area contributed by atoms with Crippen LogP contribution in [-0.4, -0.2) is 18.4 Å². The molecule has 0 N–H and O–H groups in total. The van der Waals surface area contributed by atoms with Gasteiger partial charge >= 0.3 is 12.1 Å². The largest absolute Gasteiger partial charge is 0.466 e. The van der Waals surface area contributed by atoms with Gasteiger partial charge in [-0.3, -0.25) is 9.59 Å². The highest BCUT2D eigenvalue weighted by Gasteiger charge is 2.33. The summed E-state index contributed by atoms with van der Waals surface area (Å²) in [6, 6.07) is 4.81. The number of rotatable bonds is 5. The number of hydrogen-bond donors (Lipinski definition) is 0. The molecule has 1 aromatic carbocycles. The summed E-state index contributed by atoms with van der Waals surface area (Å²) < 4.78 is 42.6. The predicted octanol–water partition coefficient (Wildman–Crippen LogP) is 2.77. The molecule has 1 aromatic rings. The van der Waals surface area contributed by atoms with Crippen LogP contribution in [0.1, 0.15) is 24.5 Å². The molecule has 0 aliphatic rings. The van der Waals surface area contributed by atoms with E-state index in [9.17, 15) is 22.8 Å². The van der Waals surface area contributed by atoms with E-state index in [1.807, 2.05) is 0 Å². The number of hydrogen-bond acceptors (Lipinski definition) is 3. The van der Waals surface area contributed by atoms with Gasteiger partial charge in [-0.1, -0.05) is 18.2 Å². The fourth-order valence-corrected chi connectivity index (χ4v) is 1.60. The van der Waals surface area contributed by atoms with Gasteiger partial charge in [-0.2, -0.15) is 13.2 Å². The van der Waals surface area contributed by atoms with Crippen molar-refractivity contribution in [3.05, 3.63) is 35.4 Å². The minimum Gasteiger partial charge on any atom is -0.466 e. The van der Waals surface area contributed by atoms with E-state index in [0.29, 0.717) is 0 Å². The maximum Gasteiger partial charge on any atom is 0.416 e. The van der Waals surface area contributed by atoms with Gasteiger partial charge in [0.15, 0.2) is 0 Å². The van der Waals surface area contributed by atoms with Crippen molar-refractivity contribution in [1.29, 1.82) is 0 Å². The lowest BCUT2D eigenvalue weighted by Crippen LogP contribution is -2.16. The van der Waals surface area contributed by atoms with Gasteiger partial charge in [-0.25, -0.2) is 0 Å². The van der Waals surface area contributed by atoms with Gasteiger partial charge in [0.05, 0.1) is 12.2 Å². The third-order valence-corrected chi connectivity index (χ3v) is 2.36. The number of ketones is 1. The number of Topliss-reactive ketones (excluding diaryl/α,β-unsaturated/α-hetero) is 1. The highest BCUT2D eigenvalue weighted by Crippen LogP contribution is 2.32. The monoisotopic (exact) mass is 274 g/mol. The van der Waals surface area contributed by atoms with E-state index in [2.05, 4.69) is 4.74 Å². The molecular formula is C13H13F3O3. The van der Waals surface area contributed by atoms with E-state index >= 15 is 0 Å². The molecule has 0 amide bonds. The molecule has 0 aliphatic heterocycles. The van der Waals surface area contributed by atoms with Crippen molar-refractivity contribution in [2.45, 2.75) is 25.9 Å². The van der Waals surface area contributed by atoms with Crippen molar-refractivity contribution >= 4 is 11.8 Å². The fourth-order valence-electron chi connectivity index (χ4n) is 1.60. The molecule has 0 aliphatic carbocycles. The van der Waals surface area contributed by atoms with Crippen LogP contribution in [0, 0.1) is 0 Å². The van der Waals surface area contributed by atoms with E-state index < -0.39 is 36.3 Å². The van der Waals surface area contributed by atoms with Crippen molar-refractivity contribution in [2.75, 3.05) is 6.61 Å². The van der Waals surface area contributed by atoms with Crippen LogP contribution in [0.15, 0.2) is 24.3 Å². The summed E-state index contributed by atoms with van der Waals surface area (Å²) in [4.78, 5) is 22.6. The SMILES string of the molecule is CCOC(=O)CC(=O)Cc1ccccc1C(F)(F)F. The Morgan fingerprint density at radius 3 is 2.42 bits per heavy atom. The summed E-state index contributed by atoms with van der Waals surface area (Å²) in [5, 5.41) is 0. The summed E-state index contributed by atoms with van der Waals surface area (Å²) in [6.45, 7) is 1.71. The van der Waals surface area contributed by atoms with Gasteiger partial charge in [0, 0.05) is 6.42 Å². The quantitative estimate of drug-likeness (QED) is 0.612. The van der Waals surface area contributed by atoms with Gasteiger partial charge in [-0.15, -0.1) is 0 Å². The summed E-state index contributed by atoms with van der Waals surface area (Å²) in [5.74, 6) is -1.33. The minimum absolute atomic E-state index is 0.130. The molecule has 1 rings (SSSR count). The Morgan fingerprint density at radius 1 is 1.21 bits per heavy atom. The van der Waals surface area contributed by atoms with Gasteiger partial charge in [-0.05, 0) is 18.6 Å². The lowest BCUT2D eigenvalue weighted by molar-refractivity contribution is -0.145. The number of esters is 1. The van der Waals surface area contributed by atoms with Crippen molar-refractivity contribution in [3.8, 4) is 0 Å². The summed E-state index contributed by atoms with van der Waals surface area (Å²) in [6.07, 6.45) is -5.46. The molecule has 0 heterocycles. The first-order chi connectivity index (χ1) is 8.84. The molecule has 6 heteroatoms. The number of halogens is 3. The van der Waals surface area contributed by atoms with Gasteiger partial charge in [0.25, 0.3) is 0 Å². The standard InChI is InChI=1S/C13H13F3O3/c1-2-19-12(18)8-10(17)7-9-5-3-4-6-11(9)13(14,15)16/h3-6H,2,7-8H2,1H3. The van der Waals surface area contributed by atoms with Crippen LogP contribution in [0.5, 0.6) is 0 Å². The molecule has 0 atom stereocenters. The topological polar surface area (TPSA) is 43.4 Å². The fraction of sp³-hybridized carbons (Fsp3) is 0.385. The first kappa shape index (κ1) is 15.2. The molecule has 0 bridgehead atoms. The Balaban J connectivity index is 2.77. The van der Waals surface area contributed by atoms with Crippen molar-refractivity contribution < 1.29 is 27.5 Å². The molecule has 0 aromatic heterocycles. The van der Waals surface area contributed by atoms with Crippen LogP contribution in [0.25, 0.3) is 0 Å². The normalized spacial score (nSPS) is 11.2. The van der Waals surface area contributed by atoms with Gasteiger partial charge in [0.2, 0.25) is 0 Å². The highest BCUT2D eigenvalue weighted by molar-refractivity contribution is 5.96. The molecule has 0 fully saturated rings. The number of benzene rings is 1. The highest BCUT2D eigenvalue weighted by atomic mass is 19.4. The molecule has 0 saturated carbocycles. The molecule has 0 unspecified atom stereocenters. The van der Waals surface area contributed by atoms with Crippen LogP contribution < -0.4 is 0 Å². The Morgan fingerprint density at radius 2 is 1.84 bits per heavy atom. The zero-order valence-corrected chi connectivity index (χ0v) is 10.3. The minimum atomic E-state index is -4.51. The third-order valence-electron chi connectivity index (χ3n) is 2.36. The lowest BCUT2D eigenvalue weighted by Gasteiger charge is -2.11. The molecule has 0 spiro atoms.